The Morgan fingerprint density at radius 2 is 1.64 bits per heavy atom. The zero-order chi connectivity index (χ0) is 16.3. The fourth-order valence-corrected chi connectivity index (χ4v) is 1.89. The van der Waals surface area contributed by atoms with Crippen LogP contribution in [-0.2, 0) is 6.54 Å². The molecule has 0 atom stereocenters. The van der Waals surface area contributed by atoms with Crippen LogP contribution in [0.1, 0.15) is 5.56 Å². The Morgan fingerprint density at radius 3 is 2.18 bits per heavy atom. The standard InChI is InChI=1S/C14H18ClFN6/c1-21(2)13-18-12(19-14(20-13)22(3)4)17-8-9-6-5-7-10(16)11(9)15/h5-7H,8H2,1-4H3,(H,17,18,19,20). The lowest BCUT2D eigenvalue weighted by molar-refractivity contribution is 0.626. The van der Waals surface area contributed by atoms with Crippen molar-refractivity contribution in [1.29, 1.82) is 0 Å². The Labute approximate surface area is 134 Å². The van der Waals surface area contributed by atoms with Gasteiger partial charge in [-0.25, -0.2) is 4.39 Å². The van der Waals surface area contributed by atoms with Crippen LogP contribution < -0.4 is 15.1 Å². The molecule has 6 nitrogen and oxygen atoms in total. The molecular weight excluding hydrogens is 307 g/mol. The molecule has 1 aromatic heterocycles. The van der Waals surface area contributed by atoms with Crippen LogP contribution in [0.2, 0.25) is 5.02 Å². The maximum atomic E-state index is 13.4. The average Bonchev–Trinajstić information content (AvgIpc) is 2.48. The predicted octanol–water partition coefficient (Wildman–Crippen LogP) is 2.41. The number of nitrogens with zero attached hydrogens (tertiary/aromatic N) is 5. The fourth-order valence-electron chi connectivity index (χ4n) is 1.69. The van der Waals surface area contributed by atoms with Crippen molar-refractivity contribution in [3.63, 3.8) is 0 Å². The Morgan fingerprint density at radius 1 is 1.05 bits per heavy atom. The van der Waals surface area contributed by atoms with Crippen molar-refractivity contribution in [2.75, 3.05) is 43.3 Å². The second-order valence-electron chi connectivity index (χ2n) is 5.11. The number of rotatable bonds is 5. The van der Waals surface area contributed by atoms with E-state index in [1.54, 1.807) is 21.9 Å². The molecule has 0 aliphatic rings. The lowest BCUT2D eigenvalue weighted by Gasteiger charge is -2.16. The van der Waals surface area contributed by atoms with E-state index in [0.29, 0.717) is 30.0 Å². The van der Waals surface area contributed by atoms with E-state index in [9.17, 15) is 4.39 Å². The second kappa shape index (κ2) is 6.74. The summed E-state index contributed by atoms with van der Waals surface area (Å²) in [6, 6.07) is 4.69. The molecule has 1 heterocycles. The lowest BCUT2D eigenvalue weighted by atomic mass is 10.2. The Kier molecular flexibility index (Phi) is 4.97. The summed E-state index contributed by atoms with van der Waals surface area (Å²) >= 11 is 5.94. The third-order valence-corrected chi connectivity index (χ3v) is 3.30. The number of hydrogen-bond donors (Lipinski definition) is 1. The molecule has 0 radical (unpaired) electrons. The van der Waals surface area contributed by atoms with Gasteiger partial charge < -0.3 is 15.1 Å². The van der Waals surface area contributed by atoms with Gasteiger partial charge >= 0.3 is 0 Å². The Hall–Kier alpha value is -2.15. The van der Waals surface area contributed by atoms with Gasteiger partial charge in [-0.1, -0.05) is 23.7 Å². The first-order valence-corrected chi connectivity index (χ1v) is 7.03. The first-order valence-electron chi connectivity index (χ1n) is 6.66. The SMILES string of the molecule is CN(C)c1nc(NCc2cccc(F)c2Cl)nc(N(C)C)n1. The smallest absolute Gasteiger partial charge is 0.231 e. The van der Waals surface area contributed by atoms with Crippen molar-refractivity contribution in [1.82, 2.24) is 15.0 Å². The number of nitrogens with one attached hydrogen (secondary N) is 1. The average molecular weight is 325 g/mol. The van der Waals surface area contributed by atoms with Gasteiger partial charge in [0.25, 0.3) is 0 Å². The van der Waals surface area contributed by atoms with E-state index >= 15 is 0 Å². The summed E-state index contributed by atoms with van der Waals surface area (Å²) in [6.45, 7) is 0.320. The molecule has 2 rings (SSSR count). The summed E-state index contributed by atoms with van der Waals surface area (Å²) in [5, 5.41) is 3.15. The van der Waals surface area contributed by atoms with Crippen LogP contribution in [0.15, 0.2) is 18.2 Å². The molecule has 2 aromatic rings. The van der Waals surface area contributed by atoms with Gasteiger partial charge in [0.1, 0.15) is 5.82 Å². The first-order chi connectivity index (χ1) is 10.4. The van der Waals surface area contributed by atoms with Crippen LogP contribution in [-0.4, -0.2) is 43.1 Å². The number of halogens is 2. The molecule has 0 unspecified atom stereocenters. The molecule has 0 saturated carbocycles. The monoisotopic (exact) mass is 324 g/mol. The van der Waals surface area contributed by atoms with Gasteiger partial charge in [0.15, 0.2) is 0 Å². The number of anilines is 3. The highest BCUT2D eigenvalue weighted by molar-refractivity contribution is 6.31. The second-order valence-corrected chi connectivity index (χ2v) is 5.49. The predicted molar refractivity (Wildman–Crippen MR) is 87.2 cm³/mol. The van der Waals surface area contributed by atoms with Crippen molar-refractivity contribution < 1.29 is 4.39 Å². The molecule has 0 spiro atoms. The molecule has 1 aromatic carbocycles. The van der Waals surface area contributed by atoms with Crippen molar-refractivity contribution in [2.24, 2.45) is 0 Å². The molecular formula is C14H18ClFN6. The van der Waals surface area contributed by atoms with E-state index in [0.717, 1.165) is 0 Å². The van der Waals surface area contributed by atoms with Crippen LogP contribution in [0.5, 0.6) is 0 Å². The molecule has 118 valence electrons. The summed E-state index contributed by atoms with van der Waals surface area (Å²) < 4.78 is 13.4. The molecule has 1 N–H and O–H groups in total. The summed E-state index contributed by atoms with van der Waals surface area (Å²) in [7, 11) is 7.40. The normalized spacial score (nSPS) is 10.5. The van der Waals surface area contributed by atoms with Crippen molar-refractivity contribution in [2.45, 2.75) is 6.54 Å². The van der Waals surface area contributed by atoms with E-state index in [4.69, 9.17) is 11.6 Å². The molecule has 0 saturated heterocycles. The quantitative estimate of drug-likeness (QED) is 0.911. The van der Waals surface area contributed by atoms with E-state index < -0.39 is 5.82 Å². The minimum Gasteiger partial charge on any atom is -0.350 e. The summed E-state index contributed by atoms with van der Waals surface area (Å²) in [4.78, 5) is 16.5. The van der Waals surface area contributed by atoms with Gasteiger partial charge in [0.2, 0.25) is 17.8 Å². The van der Waals surface area contributed by atoms with Gasteiger partial charge in [-0.05, 0) is 11.6 Å². The highest BCUT2D eigenvalue weighted by Gasteiger charge is 2.11. The van der Waals surface area contributed by atoms with Crippen molar-refractivity contribution >= 4 is 29.4 Å². The summed E-state index contributed by atoms with van der Waals surface area (Å²) in [5.74, 6) is 1.03. The van der Waals surface area contributed by atoms with Crippen molar-refractivity contribution in [3.8, 4) is 0 Å². The Bertz CT molecular complexity index is 636. The molecule has 0 aliphatic heterocycles. The van der Waals surface area contributed by atoms with Gasteiger partial charge in [-0.15, -0.1) is 0 Å². The molecule has 0 amide bonds. The van der Waals surface area contributed by atoms with E-state index in [-0.39, 0.29) is 5.02 Å². The topological polar surface area (TPSA) is 57.2 Å². The minimum atomic E-state index is -0.445. The minimum absolute atomic E-state index is 0.102. The highest BCUT2D eigenvalue weighted by atomic mass is 35.5. The van der Waals surface area contributed by atoms with Crippen LogP contribution in [0, 0.1) is 5.82 Å². The summed E-state index contributed by atoms with van der Waals surface area (Å²) in [6.07, 6.45) is 0. The van der Waals surface area contributed by atoms with Crippen LogP contribution in [0.4, 0.5) is 22.2 Å². The number of aromatic nitrogens is 3. The third-order valence-electron chi connectivity index (χ3n) is 2.88. The molecule has 0 bridgehead atoms. The zero-order valence-electron chi connectivity index (χ0n) is 12.9. The lowest BCUT2D eigenvalue weighted by Crippen LogP contribution is -2.20. The van der Waals surface area contributed by atoms with Crippen LogP contribution in [0.25, 0.3) is 0 Å². The maximum Gasteiger partial charge on any atom is 0.231 e. The molecule has 22 heavy (non-hydrogen) atoms. The van der Waals surface area contributed by atoms with Gasteiger partial charge in [0, 0.05) is 34.7 Å². The summed E-state index contributed by atoms with van der Waals surface area (Å²) in [5.41, 5.74) is 0.639. The van der Waals surface area contributed by atoms with E-state index in [2.05, 4.69) is 20.3 Å². The number of hydrogen-bond acceptors (Lipinski definition) is 6. The third kappa shape index (κ3) is 3.73. The fraction of sp³-hybridized carbons (Fsp3) is 0.357. The van der Waals surface area contributed by atoms with Gasteiger partial charge in [-0.2, -0.15) is 15.0 Å². The molecule has 0 fully saturated rings. The van der Waals surface area contributed by atoms with E-state index in [1.165, 1.54) is 6.07 Å². The zero-order valence-corrected chi connectivity index (χ0v) is 13.7. The van der Waals surface area contributed by atoms with Crippen LogP contribution in [0.3, 0.4) is 0 Å². The molecule has 8 heteroatoms. The van der Waals surface area contributed by atoms with E-state index in [1.807, 2.05) is 28.2 Å². The molecule has 0 aliphatic carbocycles. The Balaban J connectivity index is 2.23. The van der Waals surface area contributed by atoms with Gasteiger partial charge in [0.05, 0.1) is 5.02 Å². The van der Waals surface area contributed by atoms with Crippen LogP contribution >= 0.6 is 11.6 Å². The maximum absolute atomic E-state index is 13.4. The largest absolute Gasteiger partial charge is 0.350 e. The first kappa shape index (κ1) is 16.2. The number of benzene rings is 1. The van der Waals surface area contributed by atoms with Crippen molar-refractivity contribution in [3.05, 3.63) is 34.6 Å². The van der Waals surface area contributed by atoms with Gasteiger partial charge in [-0.3, -0.25) is 0 Å². The highest BCUT2D eigenvalue weighted by Crippen LogP contribution is 2.21.